The van der Waals surface area contributed by atoms with Gasteiger partial charge < -0.3 is 9.88 Å². The van der Waals surface area contributed by atoms with Crippen LogP contribution in [0, 0.1) is 13.8 Å². The lowest BCUT2D eigenvalue weighted by atomic mass is 10.1. The first-order valence-corrected chi connectivity index (χ1v) is 12.4. The molecule has 1 N–H and O–H groups in total. The summed E-state index contributed by atoms with van der Waals surface area (Å²) in [4.78, 5) is 17.1. The number of nitrogens with zero attached hydrogens (tertiary/aromatic N) is 4. The number of anilines is 1. The van der Waals surface area contributed by atoms with Gasteiger partial charge in [0.1, 0.15) is 0 Å². The molecule has 8 heteroatoms. The quantitative estimate of drug-likeness (QED) is 0.333. The number of amides is 1. The number of aromatic nitrogens is 4. The molecule has 2 aromatic carbocycles. The smallest absolute Gasteiger partial charge is 0.234 e. The van der Waals surface area contributed by atoms with Gasteiger partial charge in [-0.3, -0.25) is 4.79 Å². The van der Waals surface area contributed by atoms with Crippen molar-refractivity contribution in [2.75, 3.05) is 11.1 Å². The number of rotatable bonds is 8. The molecule has 1 amide bonds. The van der Waals surface area contributed by atoms with Gasteiger partial charge in [0.25, 0.3) is 0 Å². The predicted octanol–water partition coefficient (Wildman–Crippen LogP) is 5.83. The van der Waals surface area contributed by atoms with Gasteiger partial charge in [-0.25, -0.2) is 4.98 Å². The Kier molecular flexibility index (Phi) is 7.02. The average molecular weight is 464 g/mol. The van der Waals surface area contributed by atoms with Gasteiger partial charge in [0.05, 0.1) is 16.5 Å². The van der Waals surface area contributed by atoms with Gasteiger partial charge in [-0.15, -0.1) is 21.5 Å². The van der Waals surface area contributed by atoms with E-state index in [-0.39, 0.29) is 11.7 Å². The van der Waals surface area contributed by atoms with Crippen molar-refractivity contribution in [2.45, 2.75) is 38.9 Å². The van der Waals surface area contributed by atoms with Crippen LogP contribution >= 0.6 is 23.1 Å². The third kappa shape index (κ3) is 5.26. The zero-order chi connectivity index (χ0) is 22.5. The van der Waals surface area contributed by atoms with Crippen molar-refractivity contribution in [3.05, 3.63) is 64.5 Å². The minimum absolute atomic E-state index is 0.0789. The summed E-state index contributed by atoms with van der Waals surface area (Å²) in [5, 5.41) is 15.6. The molecule has 0 atom stereocenters. The third-order valence-corrected chi connectivity index (χ3v) is 6.57. The lowest BCUT2D eigenvalue weighted by Gasteiger charge is -2.10. The molecule has 0 bridgehead atoms. The largest absolute Gasteiger partial charge is 0.325 e. The second kappa shape index (κ2) is 10.1. The van der Waals surface area contributed by atoms with E-state index >= 15 is 0 Å². The van der Waals surface area contributed by atoms with Crippen molar-refractivity contribution in [1.29, 1.82) is 0 Å². The van der Waals surface area contributed by atoms with E-state index in [9.17, 15) is 4.79 Å². The van der Waals surface area contributed by atoms with Gasteiger partial charge in [-0.2, -0.15) is 0 Å². The van der Waals surface area contributed by atoms with Crippen LogP contribution < -0.4 is 5.32 Å². The van der Waals surface area contributed by atoms with E-state index in [1.54, 1.807) is 11.3 Å². The Morgan fingerprint density at radius 2 is 1.91 bits per heavy atom. The van der Waals surface area contributed by atoms with E-state index in [0.29, 0.717) is 0 Å². The molecule has 2 aromatic heterocycles. The number of carbonyl (C=O) groups excluding carboxylic acids is 1. The molecule has 0 spiro atoms. The highest BCUT2D eigenvalue weighted by Gasteiger charge is 2.15. The van der Waals surface area contributed by atoms with Crippen molar-refractivity contribution >= 4 is 34.7 Å². The minimum Gasteiger partial charge on any atom is -0.325 e. The molecule has 32 heavy (non-hydrogen) atoms. The van der Waals surface area contributed by atoms with E-state index < -0.39 is 0 Å². The lowest BCUT2D eigenvalue weighted by molar-refractivity contribution is -0.113. The van der Waals surface area contributed by atoms with Crippen LogP contribution in [0.4, 0.5) is 5.69 Å². The van der Waals surface area contributed by atoms with E-state index in [1.165, 1.54) is 17.3 Å². The summed E-state index contributed by atoms with van der Waals surface area (Å²) in [5.41, 5.74) is 4.89. The molecule has 0 fully saturated rings. The first-order valence-electron chi connectivity index (χ1n) is 10.5. The summed E-state index contributed by atoms with van der Waals surface area (Å²) in [5.74, 6) is 1.02. The van der Waals surface area contributed by atoms with Crippen LogP contribution in [-0.2, 0) is 11.3 Å². The molecule has 0 radical (unpaired) electrons. The van der Waals surface area contributed by atoms with Crippen LogP contribution in [-0.4, -0.2) is 31.4 Å². The SMILES string of the molecule is CCCn1c(SCC(=O)Nc2cccc(-c3csc(C)n3)c2)nnc1-c1cccc(C)c1. The number of carbonyl (C=O) groups is 1. The minimum atomic E-state index is -0.0789. The van der Waals surface area contributed by atoms with Crippen LogP contribution in [0.25, 0.3) is 22.6 Å². The molecule has 0 aliphatic heterocycles. The molecule has 0 aliphatic rings. The zero-order valence-corrected chi connectivity index (χ0v) is 20.0. The molecule has 0 unspecified atom stereocenters. The van der Waals surface area contributed by atoms with Gasteiger partial charge >= 0.3 is 0 Å². The standard InChI is InChI=1S/C24H25N5OS2/c1-4-11-29-23(19-9-5-7-16(2)12-19)27-28-24(29)32-15-22(30)26-20-10-6-8-18(13-20)21-14-31-17(3)25-21/h5-10,12-14H,4,11,15H2,1-3H3,(H,26,30). The Morgan fingerprint density at radius 3 is 2.66 bits per heavy atom. The molecule has 164 valence electrons. The summed E-state index contributed by atoms with van der Waals surface area (Å²) in [6.45, 7) is 6.97. The highest BCUT2D eigenvalue weighted by Crippen LogP contribution is 2.26. The van der Waals surface area contributed by atoms with Crippen molar-refractivity contribution in [1.82, 2.24) is 19.7 Å². The highest BCUT2D eigenvalue weighted by molar-refractivity contribution is 7.99. The molecule has 6 nitrogen and oxygen atoms in total. The topological polar surface area (TPSA) is 72.7 Å². The van der Waals surface area contributed by atoms with Crippen molar-refractivity contribution in [3.8, 4) is 22.6 Å². The molecule has 2 heterocycles. The van der Waals surface area contributed by atoms with Crippen molar-refractivity contribution in [3.63, 3.8) is 0 Å². The highest BCUT2D eigenvalue weighted by atomic mass is 32.2. The van der Waals surface area contributed by atoms with Gasteiger partial charge in [0, 0.05) is 28.7 Å². The van der Waals surface area contributed by atoms with Crippen LogP contribution in [0.2, 0.25) is 0 Å². The molecule has 0 saturated carbocycles. The maximum absolute atomic E-state index is 12.6. The van der Waals surface area contributed by atoms with E-state index in [0.717, 1.165) is 51.5 Å². The van der Waals surface area contributed by atoms with E-state index in [2.05, 4.69) is 51.0 Å². The maximum Gasteiger partial charge on any atom is 0.234 e. The Balaban J connectivity index is 1.44. The Morgan fingerprint density at radius 1 is 1.09 bits per heavy atom. The number of nitrogens with one attached hydrogen (secondary N) is 1. The summed E-state index contributed by atoms with van der Waals surface area (Å²) in [6, 6.07) is 16.0. The van der Waals surface area contributed by atoms with Crippen molar-refractivity contribution < 1.29 is 4.79 Å². The molecule has 4 aromatic rings. The fraction of sp³-hybridized carbons (Fsp3) is 0.250. The van der Waals surface area contributed by atoms with Crippen molar-refractivity contribution in [2.24, 2.45) is 0 Å². The maximum atomic E-state index is 12.6. The van der Waals surface area contributed by atoms with Gasteiger partial charge in [0.2, 0.25) is 5.91 Å². The summed E-state index contributed by atoms with van der Waals surface area (Å²) in [6.07, 6.45) is 0.958. The summed E-state index contributed by atoms with van der Waals surface area (Å²) >= 11 is 3.02. The van der Waals surface area contributed by atoms with Gasteiger partial charge in [0.15, 0.2) is 11.0 Å². The number of thiazole rings is 1. The fourth-order valence-electron chi connectivity index (χ4n) is 3.40. The molecule has 0 saturated heterocycles. The van der Waals surface area contributed by atoms with Gasteiger partial charge in [-0.1, -0.05) is 54.6 Å². The average Bonchev–Trinajstić information content (AvgIpc) is 3.39. The number of aryl methyl sites for hydroxylation is 2. The molecule has 0 aliphatic carbocycles. The van der Waals surface area contributed by atoms with Crippen LogP contribution in [0.15, 0.2) is 59.1 Å². The Bertz CT molecular complexity index is 1230. The van der Waals surface area contributed by atoms with Crippen LogP contribution in [0.3, 0.4) is 0 Å². The van der Waals surface area contributed by atoms with Crippen LogP contribution in [0.1, 0.15) is 23.9 Å². The third-order valence-electron chi connectivity index (χ3n) is 4.83. The molecule has 4 rings (SSSR count). The first-order chi connectivity index (χ1) is 15.5. The number of hydrogen-bond acceptors (Lipinski definition) is 6. The van der Waals surface area contributed by atoms with E-state index in [1.807, 2.05) is 48.7 Å². The lowest BCUT2D eigenvalue weighted by Crippen LogP contribution is -2.14. The second-order valence-corrected chi connectivity index (χ2v) is 9.50. The first kappa shape index (κ1) is 22.2. The summed E-state index contributed by atoms with van der Waals surface area (Å²) in [7, 11) is 0. The Hall–Kier alpha value is -2.97. The Labute approximate surface area is 196 Å². The zero-order valence-electron chi connectivity index (χ0n) is 18.3. The molecular weight excluding hydrogens is 438 g/mol. The summed E-state index contributed by atoms with van der Waals surface area (Å²) < 4.78 is 2.10. The normalized spacial score (nSPS) is 11.0. The van der Waals surface area contributed by atoms with E-state index in [4.69, 9.17) is 0 Å². The number of hydrogen-bond donors (Lipinski definition) is 1. The number of thioether (sulfide) groups is 1. The molecular formula is C24H25N5OS2. The van der Waals surface area contributed by atoms with Gasteiger partial charge in [-0.05, 0) is 38.5 Å². The second-order valence-electron chi connectivity index (χ2n) is 7.50. The predicted molar refractivity (Wildman–Crippen MR) is 132 cm³/mol. The fourth-order valence-corrected chi connectivity index (χ4v) is 4.78. The van der Waals surface area contributed by atoms with Crippen LogP contribution in [0.5, 0.6) is 0 Å². The monoisotopic (exact) mass is 463 g/mol. The number of benzene rings is 2.